The van der Waals surface area contributed by atoms with E-state index in [9.17, 15) is 0 Å². The Morgan fingerprint density at radius 1 is 1.17 bits per heavy atom. The standard InChI is InChI=1S/C17H15N5O/c1-11-20-17(23-21-11)16-8-12-4-2-3-5-15(12)22(16)14-7-6-13(9-18)19-10-14/h2-8,10H,9,18H2,1H3. The summed E-state index contributed by atoms with van der Waals surface area (Å²) in [5, 5.41) is 4.99. The lowest BCUT2D eigenvalue weighted by Crippen LogP contribution is -2.02. The second-order valence-electron chi connectivity index (χ2n) is 5.28. The van der Waals surface area contributed by atoms with Crippen molar-refractivity contribution in [1.82, 2.24) is 19.7 Å². The fraction of sp³-hybridized carbons (Fsp3) is 0.118. The monoisotopic (exact) mass is 305 g/mol. The molecule has 114 valence electrons. The summed E-state index contributed by atoms with van der Waals surface area (Å²) < 4.78 is 7.43. The zero-order valence-corrected chi connectivity index (χ0v) is 12.6. The van der Waals surface area contributed by atoms with Gasteiger partial charge in [-0.25, -0.2) is 0 Å². The maximum Gasteiger partial charge on any atom is 0.274 e. The number of aromatic nitrogens is 4. The molecule has 0 aliphatic heterocycles. The number of fused-ring (bicyclic) bond motifs is 1. The predicted octanol–water partition coefficient (Wildman–Crippen LogP) is 2.84. The summed E-state index contributed by atoms with van der Waals surface area (Å²) >= 11 is 0. The molecule has 4 aromatic rings. The maximum absolute atomic E-state index is 5.63. The zero-order valence-electron chi connectivity index (χ0n) is 12.6. The Hall–Kier alpha value is -2.99. The summed E-state index contributed by atoms with van der Waals surface area (Å²) in [6, 6.07) is 14.1. The smallest absolute Gasteiger partial charge is 0.274 e. The lowest BCUT2D eigenvalue weighted by molar-refractivity contribution is 0.424. The lowest BCUT2D eigenvalue weighted by Gasteiger charge is -2.09. The van der Waals surface area contributed by atoms with Crippen molar-refractivity contribution in [2.45, 2.75) is 13.5 Å². The van der Waals surface area contributed by atoms with Crippen molar-refractivity contribution in [2.75, 3.05) is 0 Å². The van der Waals surface area contributed by atoms with Gasteiger partial charge in [-0.2, -0.15) is 4.98 Å². The first-order chi connectivity index (χ1) is 11.3. The van der Waals surface area contributed by atoms with E-state index in [1.807, 2.05) is 30.3 Å². The van der Waals surface area contributed by atoms with Gasteiger partial charge in [0, 0.05) is 11.9 Å². The van der Waals surface area contributed by atoms with Gasteiger partial charge < -0.3 is 14.8 Å². The van der Waals surface area contributed by atoms with Crippen molar-refractivity contribution in [3.8, 4) is 17.3 Å². The van der Waals surface area contributed by atoms with Crippen LogP contribution in [-0.4, -0.2) is 19.7 Å². The highest BCUT2D eigenvalue weighted by molar-refractivity contribution is 5.87. The molecule has 6 nitrogen and oxygen atoms in total. The molecule has 0 unspecified atom stereocenters. The molecule has 0 atom stereocenters. The zero-order chi connectivity index (χ0) is 15.8. The molecular formula is C17H15N5O. The van der Waals surface area contributed by atoms with E-state index in [2.05, 4.69) is 31.8 Å². The Kier molecular flexibility index (Phi) is 3.17. The van der Waals surface area contributed by atoms with Crippen molar-refractivity contribution in [3.63, 3.8) is 0 Å². The van der Waals surface area contributed by atoms with Gasteiger partial charge in [0.2, 0.25) is 0 Å². The van der Waals surface area contributed by atoms with Crippen molar-refractivity contribution < 1.29 is 4.52 Å². The lowest BCUT2D eigenvalue weighted by atomic mass is 10.2. The summed E-state index contributed by atoms with van der Waals surface area (Å²) in [6.07, 6.45) is 1.81. The third-order valence-electron chi connectivity index (χ3n) is 3.73. The first kappa shape index (κ1) is 13.7. The number of benzene rings is 1. The number of nitrogens with zero attached hydrogens (tertiary/aromatic N) is 4. The van der Waals surface area contributed by atoms with Crippen LogP contribution >= 0.6 is 0 Å². The molecule has 3 heterocycles. The molecule has 3 aromatic heterocycles. The van der Waals surface area contributed by atoms with Crippen LogP contribution < -0.4 is 5.73 Å². The quantitative estimate of drug-likeness (QED) is 0.629. The average molecular weight is 305 g/mol. The highest BCUT2D eigenvalue weighted by Crippen LogP contribution is 2.30. The van der Waals surface area contributed by atoms with E-state index in [4.69, 9.17) is 10.3 Å². The molecule has 0 aliphatic rings. The maximum atomic E-state index is 5.63. The average Bonchev–Trinajstić information content (AvgIpc) is 3.18. The van der Waals surface area contributed by atoms with Gasteiger partial charge in [0.1, 0.15) is 5.69 Å². The Morgan fingerprint density at radius 2 is 2.04 bits per heavy atom. The summed E-state index contributed by atoms with van der Waals surface area (Å²) in [6.45, 7) is 2.22. The molecule has 0 radical (unpaired) electrons. The highest BCUT2D eigenvalue weighted by atomic mass is 16.5. The molecule has 0 fully saturated rings. The number of pyridine rings is 1. The van der Waals surface area contributed by atoms with Gasteiger partial charge in [-0.1, -0.05) is 23.4 Å². The molecule has 4 rings (SSSR count). The van der Waals surface area contributed by atoms with E-state index >= 15 is 0 Å². The van der Waals surface area contributed by atoms with E-state index in [1.54, 1.807) is 13.1 Å². The minimum Gasteiger partial charge on any atom is -0.332 e. The summed E-state index contributed by atoms with van der Waals surface area (Å²) in [7, 11) is 0. The largest absolute Gasteiger partial charge is 0.332 e. The Balaban J connectivity index is 1.98. The molecule has 0 spiro atoms. The second-order valence-corrected chi connectivity index (χ2v) is 5.28. The molecule has 0 saturated heterocycles. The first-order valence-corrected chi connectivity index (χ1v) is 7.33. The van der Waals surface area contributed by atoms with Crippen LogP contribution in [0.1, 0.15) is 11.5 Å². The van der Waals surface area contributed by atoms with Crippen LogP contribution in [0.5, 0.6) is 0 Å². The summed E-state index contributed by atoms with van der Waals surface area (Å²) in [4.78, 5) is 8.74. The van der Waals surface area contributed by atoms with Crippen LogP contribution in [0.15, 0.2) is 53.2 Å². The number of aryl methyl sites for hydroxylation is 1. The van der Waals surface area contributed by atoms with E-state index in [-0.39, 0.29) is 0 Å². The van der Waals surface area contributed by atoms with Crippen molar-refractivity contribution in [2.24, 2.45) is 5.73 Å². The number of hydrogen-bond donors (Lipinski definition) is 1. The van der Waals surface area contributed by atoms with Crippen LogP contribution in [0.4, 0.5) is 0 Å². The van der Waals surface area contributed by atoms with Gasteiger partial charge in [-0.3, -0.25) is 4.98 Å². The van der Waals surface area contributed by atoms with Gasteiger partial charge >= 0.3 is 0 Å². The molecule has 0 saturated carbocycles. The fourth-order valence-electron chi connectivity index (χ4n) is 2.66. The summed E-state index contributed by atoms with van der Waals surface area (Å²) in [5.74, 6) is 1.09. The van der Waals surface area contributed by atoms with Gasteiger partial charge in [0.15, 0.2) is 5.82 Å². The molecule has 23 heavy (non-hydrogen) atoms. The predicted molar refractivity (Wildman–Crippen MR) is 87.0 cm³/mol. The van der Waals surface area contributed by atoms with E-state index in [1.165, 1.54) is 0 Å². The molecule has 0 bridgehead atoms. The van der Waals surface area contributed by atoms with Crippen molar-refractivity contribution >= 4 is 10.9 Å². The van der Waals surface area contributed by atoms with E-state index in [0.717, 1.165) is 28.0 Å². The van der Waals surface area contributed by atoms with Crippen LogP contribution in [0.25, 0.3) is 28.2 Å². The van der Waals surface area contributed by atoms with Crippen LogP contribution in [0.2, 0.25) is 0 Å². The molecular weight excluding hydrogens is 290 g/mol. The van der Waals surface area contributed by atoms with E-state index in [0.29, 0.717) is 18.3 Å². The van der Waals surface area contributed by atoms with Gasteiger partial charge in [-0.05, 0) is 31.2 Å². The molecule has 0 amide bonds. The van der Waals surface area contributed by atoms with Crippen LogP contribution in [0.3, 0.4) is 0 Å². The van der Waals surface area contributed by atoms with Crippen LogP contribution in [-0.2, 0) is 6.54 Å². The fourth-order valence-corrected chi connectivity index (χ4v) is 2.66. The minimum absolute atomic E-state index is 0.419. The third-order valence-corrected chi connectivity index (χ3v) is 3.73. The number of nitrogens with two attached hydrogens (primary N) is 1. The topological polar surface area (TPSA) is 82.8 Å². The Bertz CT molecular complexity index is 968. The normalized spacial score (nSPS) is 11.2. The SMILES string of the molecule is Cc1noc(-c2cc3ccccc3n2-c2ccc(CN)nc2)n1. The minimum atomic E-state index is 0.419. The third kappa shape index (κ3) is 2.29. The number of para-hydroxylation sites is 1. The highest BCUT2D eigenvalue weighted by Gasteiger charge is 2.17. The van der Waals surface area contributed by atoms with E-state index < -0.39 is 0 Å². The molecule has 0 aliphatic carbocycles. The van der Waals surface area contributed by atoms with Gasteiger partial charge in [0.25, 0.3) is 5.89 Å². The molecule has 1 aromatic carbocycles. The Labute approximate surface area is 132 Å². The van der Waals surface area contributed by atoms with Crippen molar-refractivity contribution in [1.29, 1.82) is 0 Å². The second kappa shape index (κ2) is 5.33. The molecule has 6 heteroatoms. The Morgan fingerprint density at radius 3 is 2.74 bits per heavy atom. The first-order valence-electron chi connectivity index (χ1n) is 7.33. The van der Waals surface area contributed by atoms with Gasteiger partial charge in [-0.15, -0.1) is 0 Å². The van der Waals surface area contributed by atoms with Crippen LogP contribution in [0, 0.1) is 6.92 Å². The number of hydrogen-bond acceptors (Lipinski definition) is 5. The summed E-state index contributed by atoms with van der Waals surface area (Å²) in [5.41, 5.74) is 9.30. The van der Waals surface area contributed by atoms with Gasteiger partial charge in [0.05, 0.1) is 23.1 Å². The number of rotatable bonds is 3. The molecule has 2 N–H and O–H groups in total. The van der Waals surface area contributed by atoms with Crippen molar-refractivity contribution in [3.05, 3.63) is 60.2 Å².